The van der Waals surface area contributed by atoms with Crippen LogP contribution in [-0.4, -0.2) is 26.5 Å². The predicted octanol–water partition coefficient (Wildman–Crippen LogP) is 3.47. The Morgan fingerprint density at radius 3 is 2.70 bits per heavy atom. The number of benzene rings is 1. The molecule has 1 aliphatic rings. The molecule has 3 aromatic heterocycles. The standard InChI is InChI=1S/C23H18N4O3/c28-21-19-7-3-11-25-22(19)27(14-20(21)23(29)26-15-8-9-15)16-4-1-5-17(12-16)30-18-6-2-10-24-13-18/h1-7,10-15H,8-9H2,(H,26,29). The lowest BCUT2D eigenvalue weighted by molar-refractivity contribution is 0.0949. The van der Waals surface area contributed by atoms with Crippen molar-refractivity contribution in [1.29, 1.82) is 0 Å². The van der Waals surface area contributed by atoms with Crippen LogP contribution in [0.15, 0.2) is 78.1 Å². The fourth-order valence-electron chi connectivity index (χ4n) is 3.25. The van der Waals surface area contributed by atoms with Crippen molar-refractivity contribution in [3.05, 3.63) is 89.1 Å². The van der Waals surface area contributed by atoms with Crippen molar-refractivity contribution in [2.24, 2.45) is 0 Å². The molecule has 30 heavy (non-hydrogen) atoms. The van der Waals surface area contributed by atoms with E-state index in [1.165, 1.54) is 0 Å². The van der Waals surface area contributed by atoms with Crippen molar-refractivity contribution in [2.45, 2.75) is 18.9 Å². The summed E-state index contributed by atoms with van der Waals surface area (Å²) in [6.45, 7) is 0. The third-order valence-corrected chi connectivity index (χ3v) is 4.89. The first-order valence-corrected chi connectivity index (χ1v) is 9.68. The van der Waals surface area contributed by atoms with Crippen LogP contribution in [0.2, 0.25) is 0 Å². The molecule has 1 aromatic carbocycles. The number of carbonyl (C=O) groups excluding carboxylic acids is 1. The Bertz CT molecular complexity index is 1300. The van der Waals surface area contributed by atoms with Gasteiger partial charge in [0, 0.05) is 30.7 Å². The van der Waals surface area contributed by atoms with Crippen LogP contribution < -0.4 is 15.5 Å². The first-order valence-electron chi connectivity index (χ1n) is 9.68. The van der Waals surface area contributed by atoms with E-state index in [0.717, 1.165) is 18.5 Å². The van der Waals surface area contributed by atoms with E-state index in [1.54, 1.807) is 47.6 Å². The molecule has 0 spiro atoms. The molecule has 148 valence electrons. The molecule has 0 radical (unpaired) electrons. The minimum Gasteiger partial charge on any atom is -0.456 e. The topological polar surface area (TPSA) is 86.1 Å². The molecule has 0 atom stereocenters. The molecule has 1 amide bonds. The van der Waals surface area contributed by atoms with Gasteiger partial charge in [0.2, 0.25) is 5.43 Å². The first-order chi connectivity index (χ1) is 14.7. The molecule has 1 fully saturated rings. The van der Waals surface area contributed by atoms with E-state index in [0.29, 0.717) is 22.5 Å². The molecule has 1 aliphatic carbocycles. The molecule has 7 heteroatoms. The number of pyridine rings is 3. The van der Waals surface area contributed by atoms with E-state index in [9.17, 15) is 9.59 Å². The SMILES string of the molecule is O=C(NC1CC1)c1cn(-c2cccc(Oc3cccnc3)c2)c2ncccc2c1=O. The van der Waals surface area contributed by atoms with E-state index in [-0.39, 0.29) is 22.9 Å². The molecule has 4 aromatic rings. The summed E-state index contributed by atoms with van der Waals surface area (Å²) in [6.07, 6.45) is 8.38. The minimum atomic E-state index is -0.357. The van der Waals surface area contributed by atoms with Crippen LogP contribution in [0, 0.1) is 0 Å². The van der Waals surface area contributed by atoms with Gasteiger partial charge >= 0.3 is 0 Å². The maximum atomic E-state index is 12.9. The van der Waals surface area contributed by atoms with Gasteiger partial charge in [0.25, 0.3) is 5.91 Å². The molecule has 3 heterocycles. The maximum absolute atomic E-state index is 12.9. The fourth-order valence-corrected chi connectivity index (χ4v) is 3.25. The van der Waals surface area contributed by atoms with Gasteiger partial charge in [-0.2, -0.15) is 0 Å². The summed E-state index contributed by atoms with van der Waals surface area (Å²) in [6, 6.07) is 14.5. The zero-order chi connectivity index (χ0) is 20.5. The van der Waals surface area contributed by atoms with Crippen molar-refractivity contribution in [2.75, 3.05) is 0 Å². The van der Waals surface area contributed by atoms with Crippen molar-refractivity contribution in [3.63, 3.8) is 0 Å². The largest absolute Gasteiger partial charge is 0.456 e. The molecule has 1 N–H and O–H groups in total. The van der Waals surface area contributed by atoms with Gasteiger partial charge in [0.1, 0.15) is 22.7 Å². The van der Waals surface area contributed by atoms with Crippen molar-refractivity contribution < 1.29 is 9.53 Å². The Balaban J connectivity index is 1.61. The average molecular weight is 398 g/mol. The Labute approximate surface area is 172 Å². The van der Waals surface area contributed by atoms with Gasteiger partial charge in [0.05, 0.1) is 17.3 Å². The van der Waals surface area contributed by atoms with Crippen LogP contribution in [0.4, 0.5) is 0 Å². The minimum absolute atomic E-state index is 0.0981. The van der Waals surface area contributed by atoms with Crippen molar-refractivity contribution in [1.82, 2.24) is 19.9 Å². The van der Waals surface area contributed by atoms with Crippen LogP contribution in [0.25, 0.3) is 16.7 Å². The second kappa shape index (κ2) is 7.44. The quantitative estimate of drug-likeness (QED) is 0.556. The summed E-state index contributed by atoms with van der Waals surface area (Å²) in [5.74, 6) is 0.860. The lowest BCUT2D eigenvalue weighted by Gasteiger charge is -2.14. The van der Waals surface area contributed by atoms with Crippen LogP contribution >= 0.6 is 0 Å². The van der Waals surface area contributed by atoms with Crippen LogP contribution in [0.3, 0.4) is 0 Å². The summed E-state index contributed by atoms with van der Waals surface area (Å²) in [5.41, 5.74) is 0.973. The highest BCUT2D eigenvalue weighted by atomic mass is 16.5. The number of carbonyl (C=O) groups is 1. The highest BCUT2D eigenvalue weighted by molar-refractivity contribution is 5.97. The second-order valence-corrected chi connectivity index (χ2v) is 7.15. The second-order valence-electron chi connectivity index (χ2n) is 7.15. The molecule has 7 nitrogen and oxygen atoms in total. The summed E-state index contributed by atoms with van der Waals surface area (Å²) >= 11 is 0. The molecule has 0 bridgehead atoms. The fraction of sp³-hybridized carbons (Fsp3) is 0.130. The third-order valence-electron chi connectivity index (χ3n) is 4.89. The highest BCUT2D eigenvalue weighted by Crippen LogP contribution is 2.25. The summed E-state index contributed by atoms with van der Waals surface area (Å²) in [5, 5.41) is 3.28. The van der Waals surface area contributed by atoms with Crippen LogP contribution in [-0.2, 0) is 0 Å². The number of nitrogens with one attached hydrogen (secondary N) is 1. The van der Waals surface area contributed by atoms with Gasteiger partial charge in [0.15, 0.2) is 0 Å². The Morgan fingerprint density at radius 2 is 1.90 bits per heavy atom. The molecular formula is C23H18N4O3. The van der Waals surface area contributed by atoms with E-state index in [4.69, 9.17) is 4.74 Å². The first kappa shape index (κ1) is 18.1. The smallest absolute Gasteiger partial charge is 0.257 e. The monoisotopic (exact) mass is 398 g/mol. The molecule has 1 saturated carbocycles. The van der Waals surface area contributed by atoms with Crippen molar-refractivity contribution >= 4 is 16.9 Å². The number of amides is 1. The molecule has 0 aliphatic heterocycles. The van der Waals surface area contributed by atoms with Gasteiger partial charge in [-0.3, -0.25) is 14.6 Å². The Morgan fingerprint density at radius 1 is 1.07 bits per heavy atom. The summed E-state index contributed by atoms with van der Waals surface area (Å²) in [4.78, 5) is 34.0. The molecule has 5 rings (SSSR count). The van der Waals surface area contributed by atoms with Crippen LogP contribution in [0.1, 0.15) is 23.2 Å². The zero-order valence-corrected chi connectivity index (χ0v) is 16.0. The number of nitrogens with zero attached hydrogens (tertiary/aromatic N) is 3. The van der Waals surface area contributed by atoms with Gasteiger partial charge < -0.3 is 14.6 Å². The third kappa shape index (κ3) is 3.53. The van der Waals surface area contributed by atoms with E-state index in [2.05, 4.69) is 15.3 Å². The number of hydrogen-bond acceptors (Lipinski definition) is 5. The molecular weight excluding hydrogens is 380 g/mol. The average Bonchev–Trinajstić information content (AvgIpc) is 3.59. The van der Waals surface area contributed by atoms with Gasteiger partial charge in [-0.25, -0.2) is 4.98 Å². The number of fused-ring (bicyclic) bond motifs is 1. The van der Waals surface area contributed by atoms with E-state index < -0.39 is 0 Å². The summed E-state index contributed by atoms with van der Waals surface area (Å²) in [7, 11) is 0. The van der Waals surface area contributed by atoms with Gasteiger partial charge in [-0.05, 0) is 49.2 Å². The molecule has 0 saturated heterocycles. The highest BCUT2D eigenvalue weighted by Gasteiger charge is 2.26. The van der Waals surface area contributed by atoms with Crippen LogP contribution in [0.5, 0.6) is 11.5 Å². The van der Waals surface area contributed by atoms with Crippen molar-refractivity contribution in [3.8, 4) is 17.2 Å². The lowest BCUT2D eigenvalue weighted by Crippen LogP contribution is -2.31. The lowest BCUT2D eigenvalue weighted by atomic mass is 10.1. The Hall–Kier alpha value is -4.00. The number of hydrogen-bond donors (Lipinski definition) is 1. The van der Waals surface area contributed by atoms with Gasteiger partial charge in [-0.1, -0.05) is 6.07 Å². The number of ether oxygens (including phenoxy) is 1. The summed E-state index contributed by atoms with van der Waals surface area (Å²) < 4.78 is 7.62. The van der Waals surface area contributed by atoms with E-state index >= 15 is 0 Å². The predicted molar refractivity (Wildman–Crippen MR) is 112 cm³/mol. The molecule has 0 unspecified atom stereocenters. The van der Waals surface area contributed by atoms with Gasteiger partial charge in [-0.15, -0.1) is 0 Å². The maximum Gasteiger partial charge on any atom is 0.257 e. The Kier molecular flexibility index (Phi) is 4.48. The van der Waals surface area contributed by atoms with E-state index in [1.807, 2.05) is 30.3 Å². The normalized spacial score (nSPS) is 13.2. The number of aromatic nitrogens is 3. The zero-order valence-electron chi connectivity index (χ0n) is 16.0. The number of rotatable bonds is 5.